The van der Waals surface area contributed by atoms with E-state index in [9.17, 15) is 9.18 Å². The van der Waals surface area contributed by atoms with E-state index in [0.29, 0.717) is 42.6 Å². The largest absolute Gasteiger partial charge is 0.353 e. The zero-order chi connectivity index (χ0) is 19.8. The number of fused-ring (bicyclic) bond motifs is 3. The molecule has 0 aliphatic carbocycles. The molecule has 5 rings (SSSR count). The van der Waals surface area contributed by atoms with Crippen molar-refractivity contribution in [3.8, 4) is 11.4 Å². The van der Waals surface area contributed by atoms with Gasteiger partial charge in [-0.3, -0.25) is 4.79 Å². The first-order valence-corrected chi connectivity index (χ1v) is 9.35. The topological polar surface area (TPSA) is 96.2 Å². The van der Waals surface area contributed by atoms with E-state index < -0.39 is 6.04 Å². The maximum Gasteiger partial charge on any atom is 0.243 e. The highest BCUT2D eigenvalue weighted by Gasteiger charge is 2.23. The van der Waals surface area contributed by atoms with Gasteiger partial charge < -0.3 is 16.0 Å². The molecule has 2 aromatic carbocycles. The third kappa shape index (κ3) is 3.25. The second-order valence-electron chi connectivity index (χ2n) is 6.83. The summed E-state index contributed by atoms with van der Waals surface area (Å²) in [6, 6.07) is 13.2. The molecule has 1 aliphatic rings. The van der Waals surface area contributed by atoms with Gasteiger partial charge >= 0.3 is 0 Å². The van der Waals surface area contributed by atoms with Gasteiger partial charge in [0.2, 0.25) is 11.9 Å². The summed E-state index contributed by atoms with van der Waals surface area (Å²) in [7, 11) is 0. The minimum Gasteiger partial charge on any atom is -0.353 e. The van der Waals surface area contributed by atoms with Crippen LogP contribution in [-0.2, 0) is 4.79 Å². The van der Waals surface area contributed by atoms with Crippen LogP contribution in [0, 0.1) is 5.82 Å². The molecular weight excluding hydrogens is 373 g/mol. The average Bonchev–Trinajstić information content (AvgIpc) is 3.09. The van der Waals surface area contributed by atoms with Gasteiger partial charge in [-0.25, -0.2) is 14.4 Å². The monoisotopic (exact) mass is 391 g/mol. The fourth-order valence-corrected chi connectivity index (χ4v) is 3.41. The van der Waals surface area contributed by atoms with Crippen molar-refractivity contribution < 1.29 is 9.18 Å². The van der Waals surface area contributed by atoms with Crippen LogP contribution >= 0.6 is 0 Å². The van der Waals surface area contributed by atoms with Crippen LogP contribution in [0.25, 0.3) is 27.9 Å². The Balaban J connectivity index is 1.66. The number of hydrogen-bond acceptors (Lipinski definition) is 6. The predicted octanol–water partition coefficient (Wildman–Crippen LogP) is 1.58. The summed E-state index contributed by atoms with van der Waals surface area (Å²) in [5.74, 6) is 0.319. The molecular formula is C20H18FN7O. The van der Waals surface area contributed by atoms with Gasteiger partial charge in [0.05, 0.1) is 5.52 Å². The van der Waals surface area contributed by atoms with Crippen molar-refractivity contribution in [2.45, 2.75) is 6.04 Å². The number of benzene rings is 2. The van der Waals surface area contributed by atoms with E-state index >= 15 is 0 Å². The van der Waals surface area contributed by atoms with Crippen molar-refractivity contribution in [1.29, 1.82) is 0 Å². The molecule has 0 bridgehead atoms. The molecule has 1 saturated heterocycles. The number of para-hydroxylation sites is 1. The summed E-state index contributed by atoms with van der Waals surface area (Å²) in [5, 5.41) is 14.6. The fraction of sp³-hybridized carbons (Fsp3) is 0.200. The molecule has 8 nitrogen and oxygen atoms in total. The zero-order valence-electron chi connectivity index (χ0n) is 15.4. The van der Waals surface area contributed by atoms with Crippen LogP contribution in [-0.4, -0.2) is 51.2 Å². The van der Waals surface area contributed by atoms with Crippen LogP contribution in [0.4, 0.5) is 10.3 Å². The van der Waals surface area contributed by atoms with Gasteiger partial charge in [0, 0.05) is 30.6 Å². The van der Waals surface area contributed by atoms with Crippen LogP contribution in [0.1, 0.15) is 0 Å². The summed E-state index contributed by atoms with van der Waals surface area (Å²) in [5.41, 5.74) is 1.87. The zero-order valence-corrected chi connectivity index (χ0v) is 15.4. The van der Waals surface area contributed by atoms with Gasteiger partial charge in [-0.2, -0.15) is 4.52 Å². The molecule has 0 unspecified atom stereocenters. The number of nitrogens with zero attached hydrogens (tertiary/aromatic N) is 4. The van der Waals surface area contributed by atoms with E-state index in [1.807, 2.05) is 24.3 Å². The van der Waals surface area contributed by atoms with Crippen molar-refractivity contribution in [2.24, 2.45) is 0 Å². The summed E-state index contributed by atoms with van der Waals surface area (Å²) in [6.07, 6.45) is 0. The fourth-order valence-electron chi connectivity index (χ4n) is 3.41. The van der Waals surface area contributed by atoms with E-state index in [0.717, 1.165) is 10.9 Å². The van der Waals surface area contributed by atoms with Crippen molar-refractivity contribution in [2.75, 3.05) is 25.0 Å². The van der Waals surface area contributed by atoms with E-state index in [-0.39, 0.29) is 11.7 Å². The first-order valence-electron chi connectivity index (χ1n) is 9.35. The Morgan fingerprint density at radius 1 is 1.10 bits per heavy atom. The van der Waals surface area contributed by atoms with Crippen LogP contribution < -0.4 is 16.0 Å². The molecule has 29 heavy (non-hydrogen) atoms. The molecule has 4 aromatic rings. The first-order chi connectivity index (χ1) is 14.2. The lowest BCUT2D eigenvalue weighted by molar-refractivity contribution is -0.121. The lowest BCUT2D eigenvalue weighted by Crippen LogP contribution is -2.42. The number of halogens is 1. The molecule has 1 atom stereocenters. The molecule has 3 heterocycles. The summed E-state index contributed by atoms with van der Waals surface area (Å²) < 4.78 is 15.3. The average molecular weight is 391 g/mol. The maximum atomic E-state index is 13.7. The molecule has 0 spiro atoms. The van der Waals surface area contributed by atoms with Crippen molar-refractivity contribution >= 4 is 28.4 Å². The lowest BCUT2D eigenvalue weighted by atomic mass is 10.2. The Morgan fingerprint density at radius 2 is 2.00 bits per heavy atom. The van der Waals surface area contributed by atoms with Gasteiger partial charge in [0.1, 0.15) is 11.9 Å². The van der Waals surface area contributed by atoms with Gasteiger partial charge in [-0.15, -0.1) is 5.10 Å². The lowest BCUT2D eigenvalue weighted by Gasteiger charge is -2.16. The van der Waals surface area contributed by atoms with Crippen LogP contribution in [0.5, 0.6) is 0 Å². The number of carbonyl (C=O) groups is 1. The van der Waals surface area contributed by atoms with Crippen molar-refractivity contribution in [1.82, 2.24) is 30.2 Å². The molecule has 3 N–H and O–H groups in total. The van der Waals surface area contributed by atoms with E-state index in [1.165, 1.54) is 12.1 Å². The summed E-state index contributed by atoms with van der Waals surface area (Å²) in [4.78, 5) is 21.6. The normalized spacial score (nSPS) is 17.3. The minimum atomic E-state index is -0.504. The maximum absolute atomic E-state index is 13.7. The quantitative estimate of drug-likeness (QED) is 0.491. The highest BCUT2D eigenvalue weighted by Crippen LogP contribution is 2.24. The Morgan fingerprint density at radius 3 is 2.90 bits per heavy atom. The Bertz CT molecular complexity index is 1220. The van der Waals surface area contributed by atoms with E-state index in [2.05, 4.69) is 31.0 Å². The molecule has 2 aromatic heterocycles. The Kier molecular flexibility index (Phi) is 4.28. The highest BCUT2D eigenvalue weighted by molar-refractivity contribution is 5.93. The number of rotatable bonds is 3. The first kappa shape index (κ1) is 17.5. The number of aromatic nitrogens is 4. The Labute approximate surface area is 165 Å². The molecule has 1 fully saturated rings. The standard InChI is InChI=1S/C20H18FN7O/c21-13-5-3-4-12(10-13)17-26-18-14-6-1-2-7-15(14)24-20(28(18)27-17)25-16-11-22-8-9-23-19(16)29/h1-7,10,16,22H,8-9,11H2,(H,23,29)(H,24,25)/t16-/m1/s1. The predicted molar refractivity (Wildman–Crippen MR) is 107 cm³/mol. The smallest absolute Gasteiger partial charge is 0.243 e. The van der Waals surface area contributed by atoms with Gasteiger partial charge in [0.15, 0.2) is 11.5 Å². The van der Waals surface area contributed by atoms with Crippen LogP contribution in [0.15, 0.2) is 48.5 Å². The summed E-state index contributed by atoms with van der Waals surface area (Å²) in [6.45, 7) is 1.75. The SMILES string of the molecule is O=C1NCCNC[C@H]1Nc1nc2ccccc2c2nc(-c3cccc(F)c3)nn12. The second kappa shape index (κ2) is 7.10. The van der Waals surface area contributed by atoms with Crippen molar-refractivity contribution in [3.63, 3.8) is 0 Å². The van der Waals surface area contributed by atoms with Crippen molar-refractivity contribution in [3.05, 3.63) is 54.3 Å². The number of anilines is 1. The summed E-state index contributed by atoms with van der Waals surface area (Å²) >= 11 is 0. The minimum absolute atomic E-state index is 0.108. The third-order valence-electron chi connectivity index (χ3n) is 4.83. The molecule has 0 saturated carbocycles. The second-order valence-corrected chi connectivity index (χ2v) is 6.83. The molecule has 1 amide bonds. The molecule has 146 valence electrons. The van der Waals surface area contributed by atoms with Gasteiger partial charge in [-0.1, -0.05) is 24.3 Å². The molecule has 0 radical (unpaired) electrons. The highest BCUT2D eigenvalue weighted by atomic mass is 19.1. The van der Waals surface area contributed by atoms with Gasteiger partial charge in [-0.05, 0) is 24.3 Å². The number of hydrogen-bond donors (Lipinski definition) is 3. The van der Waals surface area contributed by atoms with E-state index in [1.54, 1.807) is 16.6 Å². The Hall–Kier alpha value is -3.59. The molecule has 1 aliphatic heterocycles. The number of carbonyl (C=O) groups excluding carboxylic acids is 1. The van der Waals surface area contributed by atoms with Crippen LogP contribution in [0.3, 0.4) is 0 Å². The third-order valence-corrected chi connectivity index (χ3v) is 4.83. The number of amides is 1. The number of nitrogens with one attached hydrogen (secondary N) is 3. The molecule has 9 heteroatoms. The van der Waals surface area contributed by atoms with Crippen LogP contribution in [0.2, 0.25) is 0 Å². The van der Waals surface area contributed by atoms with E-state index in [4.69, 9.17) is 0 Å². The van der Waals surface area contributed by atoms with Gasteiger partial charge in [0.25, 0.3) is 0 Å².